The Hall–Kier alpha value is -0.0500. The molecule has 0 amide bonds. The minimum atomic E-state index is 0.294. The average Bonchev–Trinajstić information content (AvgIpc) is 2.67. The van der Waals surface area contributed by atoms with Crippen molar-refractivity contribution in [2.45, 2.75) is 44.1 Å². The summed E-state index contributed by atoms with van der Waals surface area (Å²) in [5.74, 6) is 0.790. The maximum absolute atomic E-state index is 6.37. The Bertz CT molecular complexity index is 293. The molecule has 0 radical (unpaired) electrons. The second-order valence-electron chi connectivity index (χ2n) is 4.58. The van der Waals surface area contributed by atoms with Gasteiger partial charge in [0, 0.05) is 12.0 Å². The van der Waals surface area contributed by atoms with Crippen LogP contribution in [0.3, 0.4) is 0 Å². The summed E-state index contributed by atoms with van der Waals surface area (Å²) in [4.78, 5) is 0. The van der Waals surface area contributed by atoms with Crippen LogP contribution in [0, 0.1) is 5.92 Å². The Morgan fingerprint density at radius 3 is 3.00 bits per heavy atom. The van der Waals surface area contributed by atoms with Crippen LogP contribution in [0.5, 0.6) is 0 Å². The van der Waals surface area contributed by atoms with Gasteiger partial charge in [-0.1, -0.05) is 0 Å². The fraction of sp³-hybridized carbons (Fsp3) is 0.692. The number of thiophene rings is 1. The van der Waals surface area contributed by atoms with E-state index in [2.05, 4.69) is 23.8 Å². The molecule has 0 aromatic carbocycles. The number of hydrogen-bond donors (Lipinski definition) is 0. The van der Waals surface area contributed by atoms with Gasteiger partial charge in [0.2, 0.25) is 0 Å². The second-order valence-corrected chi connectivity index (χ2v) is 5.98. The molecule has 0 spiro atoms. The molecule has 1 aromatic heterocycles. The van der Waals surface area contributed by atoms with Gasteiger partial charge in [0.1, 0.15) is 0 Å². The molecule has 1 aliphatic carbocycles. The van der Waals surface area contributed by atoms with Crippen molar-refractivity contribution in [3.63, 3.8) is 0 Å². The molecule has 1 aromatic rings. The van der Waals surface area contributed by atoms with Gasteiger partial charge in [-0.05, 0) is 60.9 Å². The summed E-state index contributed by atoms with van der Waals surface area (Å²) in [5, 5.41) is 4.61. The van der Waals surface area contributed by atoms with E-state index in [4.69, 9.17) is 16.3 Å². The largest absolute Gasteiger partial charge is 0.378 e. The number of alkyl halides is 1. The summed E-state index contributed by atoms with van der Waals surface area (Å²) < 4.78 is 5.55. The molecule has 1 aliphatic rings. The van der Waals surface area contributed by atoms with E-state index in [9.17, 15) is 0 Å². The zero-order chi connectivity index (χ0) is 11.4. The van der Waals surface area contributed by atoms with Gasteiger partial charge < -0.3 is 4.74 Å². The van der Waals surface area contributed by atoms with E-state index in [1.165, 1.54) is 18.4 Å². The zero-order valence-corrected chi connectivity index (χ0v) is 11.3. The molecule has 0 bridgehead atoms. The van der Waals surface area contributed by atoms with E-state index in [0.29, 0.717) is 11.5 Å². The molecule has 1 fully saturated rings. The van der Waals surface area contributed by atoms with Crippen LogP contribution in [0.4, 0.5) is 0 Å². The van der Waals surface area contributed by atoms with Crippen LogP contribution in [-0.4, -0.2) is 18.1 Å². The van der Waals surface area contributed by atoms with Crippen LogP contribution >= 0.6 is 22.9 Å². The summed E-state index contributed by atoms with van der Waals surface area (Å²) in [7, 11) is 0. The van der Waals surface area contributed by atoms with Crippen molar-refractivity contribution in [2.75, 3.05) is 6.61 Å². The first kappa shape index (κ1) is 12.4. The third-order valence-electron chi connectivity index (χ3n) is 3.22. The van der Waals surface area contributed by atoms with Crippen molar-refractivity contribution < 1.29 is 4.74 Å². The van der Waals surface area contributed by atoms with Crippen LogP contribution in [0.25, 0.3) is 0 Å². The van der Waals surface area contributed by atoms with Gasteiger partial charge in [-0.15, -0.1) is 11.6 Å². The van der Waals surface area contributed by atoms with Gasteiger partial charge in [0.15, 0.2) is 0 Å². The highest BCUT2D eigenvalue weighted by Crippen LogP contribution is 2.35. The fourth-order valence-electron chi connectivity index (χ4n) is 2.35. The Kier molecular flexibility index (Phi) is 4.68. The molecular formula is C13H19ClOS. The van der Waals surface area contributed by atoms with Gasteiger partial charge >= 0.3 is 0 Å². The number of rotatable bonds is 6. The predicted molar refractivity (Wildman–Crippen MR) is 70.4 cm³/mol. The Labute approximate surface area is 107 Å². The number of ether oxygens (including phenoxy) is 1. The Morgan fingerprint density at radius 2 is 2.38 bits per heavy atom. The van der Waals surface area contributed by atoms with E-state index in [1.54, 1.807) is 11.3 Å². The number of hydrogen-bond acceptors (Lipinski definition) is 2. The van der Waals surface area contributed by atoms with Crippen molar-refractivity contribution in [1.29, 1.82) is 0 Å². The monoisotopic (exact) mass is 258 g/mol. The van der Waals surface area contributed by atoms with E-state index in [0.717, 1.165) is 25.4 Å². The minimum absolute atomic E-state index is 0.294. The van der Waals surface area contributed by atoms with Gasteiger partial charge in [-0.2, -0.15) is 11.3 Å². The van der Waals surface area contributed by atoms with Gasteiger partial charge in [-0.25, -0.2) is 0 Å². The lowest BCUT2D eigenvalue weighted by molar-refractivity contribution is -0.0266. The molecule has 1 atom stereocenters. The highest BCUT2D eigenvalue weighted by Gasteiger charge is 2.30. The lowest BCUT2D eigenvalue weighted by Crippen LogP contribution is -2.33. The highest BCUT2D eigenvalue weighted by molar-refractivity contribution is 7.07. The third-order valence-corrected chi connectivity index (χ3v) is 4.29. The fourth-order valence-corrected chi connectivity index (χ4v) is 3.46. The third kappa shape index (κ3) is 3.47. The summed E-state index contributed by atoms with van der Waals surface area (Å²) in [6.07, 6.45) is 5.09. The van der Waals surface area contributed by atoms with Gasteiger partial charge in [-0.3, -0.25) is 0 Å². The Morgan fingerprint density at radius 1 is 1.56 bits per heavy atom. The van der Waals surface area contributed by atoms with Crippen LogP contribution in [0.2, 0.25) is 0 Å². The van der Waals surface area contributed by atoms with E-state index < -0.39 is 0 Å². The van der Waals surface area contributed by atoms with Gasteiger partial charge in [0.25, 0.3) is 0 Å². The maximum Gasteiger partial charge on any atom is 0.0580 e. The van der Waals surface area contributed by atoms with Crippen LogP contribution < -0.4 is 0 Å². The zero-order valence-electron chi connectivity index (χ0n) is 9.69. The second kappa shape index (κ2) is 6.04. The first-order valence-corrected chi connectivity index (χ1v) is 7.42. The summed E-state index contributed by atoms with van der Waals surface area (Å²) in [5.41, 5.74) is 1.38. The summed E-state index contributed by atoms with van der Waals surface area (Å²) >= 11 is 8.12. The van der Waals surface area contributed by atoms with Crippen LogP contribution in [0.1, 0.15) is 31.7 Å². The van der Waals surface area contributed by atoms with E-state index >= 15 is 0 Å². The van der Waals surface area contributed by atoms with Crippen molar-refractivity contribution in [3.05, 3.63) is 22.4 Å². The number of halogens is 1. The van der Waals surface area contributed by atoms with E-state index in [1.807, 2.05) is 0 Å². The topological polar surface area (TPSA) is 9.23 Å². The van der Waals surface area contributed by atoms with Crippen molar-refractivity contribution in [2.24, 2.45) is 5.92 Å². The molecule has 0 N–H and O–H groups in total. The summed E-state index contributed by atoms with van der Waals surface area (Å²) in [6, 6.07) is 2.17. The Balaban J connectivity index is 1.64. The molecule has 2 rings (SSSR count). The molecule has 1 heterocycles. The first-order valence-electron chi connectivity index (χ1n) is 6.04. The molecule has 1 nitrogen and oxygen atoms in total. The molecule has 3 heteroatoms. The standard InChI is InChI=1S/C13H19ClOS/c1-2-15-13-7-11(8-13)6-12(14)5-10-3-4-16-9-10/h3-4,9,11-13H,2,5-8H2,1H3. The van der Waals surface area contributed by atoms with Gasteiger partial charge in [0.05, 0.1) is 6.10 Å². The maximum atomic E-state index is 6.37. The average molecular weight is 259 g/mol. The lowest BCUT2D eigenvalue weighted by atomic mass is 9.78. The lowest BCUT2D eigenvalue weighted by Gasteiger charge is -2.36. The smallest absolute Gasteiger partial charge is 0.0580 e. The molecule has 1 saturated carbocycles. The molecule has 90 valence electrons. The first-order chi connectivity index (χ1) is 7.78. The molecule has 1 unspecified atom stereocenters. The molecule has 0 saturated heterocycles. The van der Waals surface area contributed by atoms with Crippen LogP contribution in [-0.2, 0) is 11.2 Å². The molecule has 16 heavy (non-hydrogen) atoms. The SMILES string of the molecule is CCOC1CC(CC(Cl)Cc2ccsc2)C1. The summed E-state index contributed by atoms with van der Waals surface area (Å²) in [6.45, 7) is 2.91. The molecule has 0 aliphatic heterocycles. The van der Waals surface area contributed by atoms with Crippen molar-refractivity contribution in [3.8, 4) is 0 Å². The predicted octanol–water partition coefficient (Wildman–Crippen LogP) is 4.10. The van der Waals surface area contributed by atoms with Crippen LogP contribution in [0.15, 0.2) is 16.8 Å². The molecular weight excluding hydrogens is 240 g/mol. The minimum Gasteiger partial charge on any atom is -0.378 e. The van der Waals surface area contributed by atoms with Crippen molar-refractivity contribution in [1.82, 2.24) is 0 Å². The quantitative estimate of drug-likeness (QED) is 0.698. The van der Waals surface area contributed by atoms with Crippen molar-refractivity contribution >= 4 is 22.9 Å². The highest BCUT2D eigenvalue weighted by atomic mass is 35.5. The van der Waals surface area contributed by atoms with E-state index in [-0.39, 0.29) is 0 Å². The normalized spacial score (nSPS) is 26.4.